The van der Waals surface area contributed by atoms with E-state index in [9.17, 15) is 9.59 Å². The predicted octanol–water partition coefficient (Wildman–Crippen LogP) is 6.48. The van der Waals surface area contributed by atoms with Crippen LogP contribution in [0.3, 0.4) is 0 Å². The lowest BCUT2D eigenvalue weighted by atomic mass is 10.1. The molecule has 0 bridgehead atoms. The van der Waals surface area contributed by atoms with E-state index < -0.39 is 29.5 Å². The van der Waals surface area contributed by atoms with Crippen molar-refractivity contribution in [3.05, 3.63) is 77.6 Å². The molecule has 42 heavy (non-hydrogen) atoms. The number of likely N-dealkylation sites (tertiary alicyclic amines) is 1. The maximum absolute atomic E-state index is 15.1. The first-order chi connectivity index (χ1) is 20.1. The Labute approximate surface area is 247 Å². The van der Waals surface area contributed by atoms with E-state index in [1.54, 1.807) is 45.2 Å². The van der Waals surface area contributed by atoms with Crippen LogP contribution in [0.15, 0.2) is 61.1 Å². The van der Waals surface area contributed by atoms with Crippen LogP contribution in [0, 0.1) is 5.82 Å². The summed E-state index contributed by atoms with van der Waals surface area (Å²) in [5.41, 5.74) is 0.951. The van der Waals surface area contributed by atoms with Gasteiger partial charge in [0.05, 0.1) is 21.9 Å². The van der Waals surface area contributed by atoms with Gasteiger partial charge in [0.25, 0.3) is 0 Å². The number of carbonyl (C=O) groups is 2. The number of nitrogens with one attached hydrogen (secondary N) is 2. The lowest BCUT2D eigenvalue weighted by Gasteiger charge is -2.28. The number of nitrogens with zero attached hydrogens (tertiary/aromatic N) is 4. The number of amides is 2. The number of halogens is 2. The van der Waals surface area contributed by atoms with Crippen molar-refractivity contribution in [2.75, 3.05) is 17.2 Å². The monoisotopic (exact) mass is 592 g/mol. The molecule has 1 atom stereocenters. The van der Waals surface area contributed by atoms with Gasteiger partial charge in [0.1, 0.15) is 42.0 Å². The lowest BCUT2D eigenvalue weighted by Crippen LogP contribution is -2.45. The normalized spacial score (nSPS) is 15.0. The molecule has 0 radical (unpaired) electrons. The Morgan fingerprint density at radius 1 is 1.12 bits per heavy atom. The first-order valence-electron chi connectivity index (χ1n) is 13.4. The van der Waals surface area contributed by atoms with Gasteiger partial charge in [-0.2, -0.15) is 0 Å². The first-order valence-corrected chi connectivity index (χ1v) is 13.8. The molecule has 2 aromatic heterocycles. The molecule has 1 aliphatic rings. The first kappa shape index (κ1) is 29.0. The van der Waals surface area contributed by atoms with Gasteiger partial charge in [0.2, 0.25) is 5.91 Å². The Morgan fingerprint density at radius 2 is 1.95 bits per heavy atom. The zero-order valence-electron chi connectivity index (χ0n) is 23.4. The van der Waals surface area contributed by atoms with Crippen molar-refractivity contribution in [3.8, 4) is 5.75 Å². The van der Waals surface area contributed by atoms with Crippen molar-refractivity contribution < 1.29 is 23.5 Å². The number of rotatable bonds is 7. The summed E-state index contributed by atoms with van der Waals surface area (Å²) < 4.78 is 26.3. The van der Waals surface area contributed by atoms with Gasteiger partial charge in [-0.1, -0.05) is 17.7 Å². The molecule has 12 heteroatoms. The van der Waals surface area contributed by atoms with E-state index in [2.05, 4.69) is 25.6 Å². The molecule has 1 saturated heterocycles. The average Bonchev–Trinajstić information content (AvgIpc) is 3.44. The molecule has 1 fully saturated rings. The highest BCUT2D eigenvalue weighted by molar-refractivity contribution is 6.32. The third kappa shape index (κ3) is 6.85. The SMILES string of the molecule is CC(C)(C)OC(=O)N1CCC[C@H]1C(=O)Nc1cc2c(Nc3ccc(OCc4ccccn4)c(Cl)c3)ncnc2cc1F. The summed E-state index contributed by atoms with van der Waals surface area (Å²) in [7, 11) is 0. The van der Waals surface area contributed by atoms with Crippen molar-refractivity contribution in [2.45, 2.75) is 51.9 Å². The minimum atomic E-state index is -0.778. The van der Waals surface area contributed by atoms with E-state index in [1.165, 1.54) is 23.4 Å². The highest BCUT2D eigenvalue weighted by atomic mass is 35.5. The highest BCUT2D eigenvalue weighted by Crippen LogP contribution is 2.32. The van der Waals surface area contributed by atoms with Crippen LogP contribution < -0.4 is 15.4 Å². The molecular formula is C30H30ClFN6O4. The topological polar surface area (TPSA) is 119 Å². The number of hydrogen-bond acceptors (Lipinski definition) is 8. The molecule has 5 rings (SSSR count). The maximum Gasteiger partial charge on any atom is 0.410 e. The summed E-state index contributed by atoms with van der Waals surface area (Å²) in [6.07, 6.45) is 3.50. The molecule has 0 spiro atoms. The Morgan fingerprint density at radius 3 is 2.69 bits per heavy atom. The summed E-state index contributed by atoms with van der Waals surface area (Å²) in [5.74, 6) is -0.305. The Balaban J connectivity index is 1.33. The van der Waals surface area contributed by atoms with Gasteiger partial charge in [-0.3, -0.25) is 14.7 Å². The third-order valence-electron chi connectivity index (χ3n) is 6.46. The largest absolute Gasteiger partial charge is 0.486 e. The van der Waals surface area contributed by atoms with E-state index in [1.807, 2.05) is 18.2 Å². The summed E-state index contributed by atoms with van der Waals surface area (Å²) in [6.45, 7) is 5.92. The second-order valence-electron chi connectivity index (χ2n) is 10.8. The number of carbonyl (C=O) groups excluding carboxylic acids is 2. The smallest absolute Gasteiger partial charge is 0.410 e. The van der Waals surface area contributed by atoms with Crippen molar-refractivity contribution in [1.29, 1.82) is 0 Å². The van der Waals surface area contributed by atoms with Crippen LogP contribution in [-0.2, 0) is 16.1 Å². The summed E-state index contributed by atoms with van der Waals surface area (Å²) >= 11 is 6.46. The molecule has 4 aromatic rings. The van der Waals surface area contributed by atoms with E-state index in [-0.39, 0.29) is 12.3 Å². The quantitative estimate of drug-likeness (QED) is 0.250. The van der Waals surface area contributed by atoms with Crippen molar-refractivity contribution in [3.63, 3.8) is 0 Å². The minimum Gasteiger partial charge on any atom is -0.486 e. The van der Waals surface area contributed by atoms with Crippen LogP contribution in [0.1, 0.15) is 39.3 Å². The molecule has 10 nitrogen and oxygen atoms in total. The van der Waals surface area contributed by atoms with Crippen molar-refractivity contribution in [1.82, 2.24) is 19.9 Å². The number of pyridine rings is 1. The van der Waals surface area contributed by atoms with Gasteiger partial charge >= 0.3 is 6.09 Å². The van der Waals surface area contributed by atoms with E-state index in [0.717, 1.165) is 5.69 Å². The second kappa shape index (κ2) is 12.2. The van der Waals surface area contributed by atoms with Gasteiger partial charge in [0, 0.05) is 29.9 Å². The van der Waals surface area contributed by atoms with Gasteiger partial charge in [-0.05, 0) is 70.0 Å². The zero-order chi connectivity index (χ0) is 29.9. The Kier molecular flexibility index (Phi) is 8.39. The standard InChI is InChI=1S/C30H30ClFN6O4/c1-30(2,3)42-29(40)38-12-6-8-25(38)28(39)37-24-14-20-23(15-22(24)32)34-17-35-27(20)36-18-9-10-26(21(31)13-18)41-16-19-7-4-5-11-33-19/h4-5,7,9-11,13-15,17,25H,6,8,12,16H2,1-3H3,(H,37,39)(H,34,35,36)/t25-/m0/s1. The molecule has 2 amide bonds. The number of anilines is 3. The average molecular weight is 593 g/mol. The molecule has 2 N–H and O–H groups in total. The predicted molar refractivity (Wildman–Crippen MR) is 157 cm³/mol. The van der Waals surface area contributed by atoms with Crippen LogP contribution in [0.2, 0.25) is 5.02 Å². The van der Waals surface area contributed by atoms with Gasteiger partial charge in [0.15, 0.2) is 0 Å². The Hall–Kier alpha value is -4.51. The molecule has 0 unspecified atom stereocenters. The maximum atomic E-state index is 15.1. The fourth-order valence-corrected chi connectivity index (χ4v) is 4.77. The van der Waals surface area contributed by atoms with Crippen LogP contribution in [0.4, 0.5) is 26.4 Å². The van der Waals surface area contributed by atoms with Crippen LogP contribution in [-0.4, -0.2) is 50.0 Å². The molecule has 0 saturated carbocycles. The number of benzene rings is 2. The van der Waals surface area contributed by atoms with Gasteiger partial charge < -0.3 is 20.1 Å². The molecule has 1 aliphatic heterocycles. The third-order valence-corrected chi connectivity index (χ3v) is 6.76. The van der Waals surface area contributed by atoms with E-state index in [0.29, 0.717) is 52.6 Å². The van der Waals surface area contributed by atoms with Crippen molar-refractivity contribution >= 4 is 51.7 Å². The molecule has 2 aromatic carbocycles. The van der Waals surface area contributed by atoms with Crippen molar-refractivity contribution in [2.24, 2.45) is 0 Å². The number of fused-ring (bicyclic) bond motifs is 1. The van der Waals surface area contributed by atoms with Gasteiger partial charge in [-0.25, -0.2) is 19.2 Å². The Bertz CT molecular complexity index is 1620. The summed E-state index contributed by atoms with van der Waals surface area (Å²) in [5, 5.41) is 6.66. The van der Waals surface area contributed by atoms with Crippen LogP contribution >= 0.6 is 11.6 Å². The minimum absolute atomic E-state index is 0.0577. The fourth-order valence-electron chi connectivity index (χ4n) is 4.53. The second-order valence-corrected chi connectivity index (χ2v) is 11.2. The van der Waals surface area contributed by atoms with Crippen LogP contribution in [0.5, 0.6) is 5.75 Å². The fraction of sp³-hybridized carbons (Fsp3) is 0.300. The molecule has 3 heterocycles. The van der Waals surface area contributed by atoms with Crippen LogP contribution in [0.25, 0.3) is 10.9 Å². The van der Waals surface area contributed by atoms with E-state index >= 15 is 4.39 Å². The zero-order valence-corrected chi connectivity index (χ0v) is 24.1. The number of ether oxygens (including phenoxy) is 2. The number of aromatic nitrogens is 3. The molecule has 218 valence electrons. The summed E-state index contributed by atoms with van der Waals surface area (Å²) in [4.78, 5) is 39.9. The summed E-state index contributed by atoms with van der Waals surface area (Å²) in [6, 6.07) is 12.6. The number of hydrogen-bond donors (Lipinski definition) is 2. The highest BCUT2D eigenvalue weighted by Gasteiger charge is 2.37. The molecular weight excluding hydrogens is 563 g/mol. The lowest BCUT2D eigenvalue weighted by molar-refractivity contribution is -0.120. The van der Waals surface area contributed by atoms with E-state index in [4.69, 9.17) is 21.1 Å². The molecule has 0 aliphatic carbocycles. The van der Waals surface area contributed by atoms with Gasteiger partial charge in [-0.15, -0.1) is 0 Å².